The van der Waals surface area contributed by atoms with Crippen molar-refractivity contribution in [2.24, 2.45) is 0 Å². The molecule has 2 heterocycles. The molecule has 7 nitrogen and oxygen atoms in total. The van der Waals surface area contributed by atoms with Gasteiger partial charge in [-0.2, -0.15) is 0 Å². The van der Waals surface area contributed by atoms with Crippen LogP contribution in [0.1, 0.15) is 11.1 Å². The molecule has 2 amide bonds. The van der Waals surface area contributed by atoms with E-state index in [0.29, 0.717) is 18.7 Å². The van der Waals surface area contributed by atoms with Gasteiger partial charge in [0.05, 0.1) is 11.4 Å². The molecule has 0 aliphatic carbocycles. The minimum Gasteiger partial charge on any atom is -0.321 e. The van der Waals surface area contributed by atoms with Gasteiger partial charge in [-0.25, -0.2) is 17.5 Å². The number of hydrogen-bond acceptors (Lipinski definition) is 5. The van der Waals surface area contributed by atoms with Crippen molar-refractivity contribution in [3.63, 3.8) is 0 Å². The van der Waals surface area contributed by atoms with Crippen LogP contribution in [0, 0.1) is 6.92 Å². The van der Waals surface area contributed by atoms with Crippen LogP contribution in [0.3, 0.4) is 0 Å². The second kappa shape index (κ2) is 8.06. The minimum atomic E-state index is -3.98. The summed E-state index contributed by atoms with van der Waals surface area (Å²) in [7, 11) is -1.99. The molecule has 0 N–H and O–H groups in total. The maximum atomic E-state index is 13.2. The van der Waals surface area contributed by atoms with Crippen LogP contribution in [0.15, 0.2) is 53.7 Å². The van der Waals surface area contributed by atoms with E-state index in [1.165, 1.54) is 12.1 Å². The summed E-state index contributed by atoms with van der Waals surface area (Å²) in [5, 5.41) is 0. The molecule has 0 spiro atoms. The lowest BCUT2D eigenvalue weighted by molar-refractivity contribution is 0.139. The van der Waals surface area contributed by atoms with Gasteiger partial charge in [-0.3, -0.25) is 4.98 Å². The average molecular weight is 388 g/mol. The highest BCUT2D eigenvalue weighted by Crippen LogP contribution is 2.21. The quantitative estimate of drug-likeness (QED) is 0.800. The number of carbonyl (C=O) groups excluding carboxylic acids is 1. The molecular formula is C19H24N4O3S. The topological polar surface area (TPSA) is 73.8 Å². The molecule has 8 heteroatoms. The first-order valence-electron chi connectivity index (χ1n) is 8.84. The lowest BCUT2D eigenvalue weighted by Gasteiger charge is -2.35. The highest BCUT2D eigenvalue weighted by atomic mass is 32.2. The van der Waals surface area contributed by atoms with Gasteiger partial charge in [0.15, 0.2) is 0 Å². The molecule has 1 saturated heterocycles. The zero-order chi connectivity index (χ0) is 19.4. The van der Waals surface area contributed by atoms with Gasteiger partial charge in [0.2, 0.25) is 0 Å². The Labute approximate surface area is 160 Å². The molecule has 1 aromatic heterocycles. The summed E-state index contributed by atoms with van der Waals surface area (Å²) in [4.78, 5) is 21.0. The van der Waals surface area contributed by atoms with E-state index in [0.717, 1.165) is 23.0 Å². The zero-order valence-corrected chi connectivity index (χ0v) is 16.4. The van der Waals surface area contributed by atoms with E-state index >= 15 is 0 Å². The van der Waals surface area contributed by atoms with Crippen LogP contribution in [0.4, 0.5) is 4.79 Å². The summed E-state index contributed by atoms with van der Waals surface area (Å²) < 4.78 is 27.4. The SMILES string of the molecule is Cc1ccc(S(=O)(=O)N(Cc2cccnc2)C(=O)N2CCN(C)CC2)cc1. The monoisotopic (exact) mass is 388 g/mol. The number of urea groups is 1. The van der Waals surface area contributed by atoms with Crippen LogP contribution in [0.5, 0.6) is 0 Å². The standard InChI is InChI=1S/C19H24N4O3S/c1-16-5-7-18(8-6-16)27(25,26)23(15-17-4-3-9-20-14-17)19(24)22-12-10-21(2)11-13-22/h3-9,14H,10-13,15H2,1-2H3. The summed E-state index contributed by atoms with van der Waals surface area (Å²) in [6.45, 7) is 4.28. The summed E-state index contributed by atoms with van der Waals surface area (Å²) in [6.07, 6.45) is 3.19. The Morgan fingerprint density at radius 1 is 1.11 bits per heavy atom. The van der Waals surface area contributed by atoms with Gasteiger partial charge in [-0.05, 0) is 37.7 Å². The van der Waals surface area contributed by atoms with Crippen molar-refractivity contribution in [2.75, 3.05) is 33.2 Å². The van der Waals surface area contributed by atoms with Gasteiger partial charge < -0.3 is 9.80 Å². The first kappa shape index (κ1) is 19.3. The molecule has 1 aromatic carbocycles. The second-order valence-electron chi connectivity index (χ2n) is 6.76. The third-order valence-corrected chi connectivity index (χ3v) is 6.38. The maximum absolute atomic E-state index is 13.2. The Morgan fingerprint density at radius 3 is 2.37 bits per heavy atom. The van der Waals surface area contributed by atoms with E-state index in [9.17, 15) is 13.2 Å². The molecule has 3 rings (SSSR count). The van der Waals surface area contributed by atoms with E-state index in [-0.39, 0.29) is 11.4 Å². The molecule has 0 atom stereocenters. The molecule has 0 unspecified atom stereocenters. The van der Waals surface area contributed by atoms with E-state index in [2.05, 4.69) is 9.88 Å². The van der Waals surface area contributed by atoms with Gasteiger partial charge in [0.1, 0.15) is 0 Å². The van der Waals surface area contributed by atoms with Crippen molar-refractivity contribution in [3.05, 3.63) is 59.9 Å². The molecule has 1 aliphatic rings. The Kier molecular flexibility index (Phi) is 5.76. The summed E-state index contributed by atoms with van der Waals surface area (Å²) in [6, 6.07) is 9.54. The number of pyridine rings is 1. The summed E-state index contributed by atoms with van der Waals surface area (Å²) in [5.74, 6) is 0. The normalized spacial score (nSPS) is 15.6. The number of benzene rings is 1. The van der Waals surface area contributed by atoms with Crippen LogP contribution in [-0.2, 0) is 16.6 Å². The van der Waals surface area contributed by atoms with Crippen molar-refractivity contribution in [3.8, 4) is 0 Å². The first-order valence-corrected chi connectivity index (χ1v) is 10.3. The molecule has 0 bridgehead atoms. The molecule has 1 fully saturated rings. The smallest absolute Gasteiger partial charge is 0.321 e. The molecule has 2 aromatic rings. The maximum Gasteiger partial charge on any atom is 0.334 e. The van der Waals surface area contributed by atoms with E-state index in [1.54, 1.807) is 41.6 Å². The Bertz CT molecular complexity index is 877. The van der Waals surface area contributed by atoms with Gasteiger partial charge in [-0.1, -0.05) is 23.8 Å². The van der Waals surface area contributed by atoms with E-state index in [1.807, 2.05) is 14.0 Å². The van der Waals surface area contributed by atoms with Crippen LogP contribution in [0.2, 0.25) is 0 Å². The Morgan fingerprint density at radius 2 is 1.78 bits per heavy atom. The van der Waals surface area contributed by atoms with Crippen molar-refractivity contribution >= 4 is 16.1 Å². The average Bonchev–Trinajstić information content (AvgIpc) is 2.67. The van der Waals surface area contributed by atoms with Crippen molar-refractivity contribution in [2.45, 2.75) is 18.4 Å². The third-order valence-electron chi connectivity index (χ3n) is 4.65. The van der Waals surface area contributed by atoms with Crippen LogP contribution in [-0.4, -0.2) is 66.8 Å². The van der Waals surface area contributed by atoms with Gasteiger partial charge in [0, 0.05) is 38.6 Å². The fraction of sp³-hybridized carbons (Fsp3) is 0.368. The van der Waals surface area contributed by atoms with Crippen molar-refractivity contribution in [1.29, 1.82) is 0 Å². The number of hydrogen-bond donors (Lipinski definition) is 0. The highest BCUT2D eigenvalue weighted by Gasteiger charge is 2.33. The molecule has 27 heavy (non-hydrogen) atoms. The van der Waals surface area contributed by atoms with E-state index in [4.69, 9.17) is 0 Å². The lowest BCUT2D eigenvalue weighted by atomic mass is 10.2. The van der Waals surface area contributed by atoms with Crippen molar-refractivity contribution < 1.29 is 13.2 Å². The second-order valence-corrected chi connectivity index (χ2v) is 8.62. The largest absolute Gasteiger partial charge is 0.334 e. The highest BCUT2D eigenvalue weighted by molar-refractivity contribution is 7.89. The van der Waals surface area contributed by atoms with Gasteiger partial charge >= 0.3 is 6.03 Å². The minimum absolute atomic E-state index is 0.0464. The predicted molar refractivity (Wildman–Crippen MR) is 103 cm³/mol. The van der Waals surface area contributed by atoms with Gasteiger partial charge in [0.25, 0.3) is 10.0 Å². The number of likely N-dealkylation sites (N-methyl/N-ethyl adjacent to an activating group) is 1. The molecule has 144 valence electrons. The molecule has 0 saturated carbocycles. The van der Waals surface area contributed by atoms with Crippen LogP contribution >= 0.6 is 0 Å². The predicted octanol–water partition coefficient (Wildman–Crippen LogP) is 1.95. The Balaban J connectivity index is 1.93. The van der Waals surface area contributed by atoms with Crippen LogP contribution in [0.25, 0.3) is 0 Å². The number of carbonyl (C=O) groups is 1. The van der Waals surface area contributed by atoms with E-state index < -0.39 is 16.1 Å². The van der Waals surface area contributed by atoms with Gasteiger partial charge in [-0.15, -0.1) is 0 Å². The zero-order valence-electron chi connectivity index (χ0n) is 15.6. The number of nitrogens with zero attached hydrogens (tertiary/aromatic N) is 4. The lowest BCUT2D eigenvalue weighted by Crippen LogP contribution is -2.52. The summed E-state index contributed by atoms with van der Waals surface area (Å²) in [5.41, 5.74) is 1.62. The fourth-order valence-corrected chi connectivity index (χ4v) is 4.28. The number of rotatable bonds is 4. The number of aryl methyl sites for hydroxylation is 1. The molecular weight excluding hydrogens is 364 g/mol. The number of aromatic nitrogens is 1. The van der Waals surface area contributed by atoms with Crippen LogP contribution < -0.4 is 0 Å². The third kappa shape index (κ3) is 4.45. The van der Waals surface area contributed by atoms with Crippen molar-refractivity contribution in [1.82, 2.24) is 19.1 Å². The fourth-order valence-electron chi connectivity index (χ4n) is 2.91. The first-order chi connectivity index (χ1) is 12.9. The number of piperazine rings is 1. The number of amides is 2. The number of sulfonamides is 1. The molecule has 0 radical (unpaired) electrons. The summed E-state index contributed by atoms with van der Waals surface area (Å²) >= 11 is 0. The Hall–Kier alpha value is -2.45. The molecule has 1 aliphatic heterocycles.